The third-order valence-electron chi connectivity index (χ3n) is 4.42. The minimum Gasteiger partial charge on any atom is -0.462 e. The van der Waals surface area contributed by atoms with Crippen LogP contribution in [0.25, 0.3) is 21.5 Å². The van der Waals surface area contributed by atoms with Crippen molar-refractivity contribution in [3.63, 3.8) is 0 Å². The van der Waals surface area contributed by atoms with Crippen molar-refractivity contribution in [2.75, 3.05) is 27.2 Å². The first-order valence-electron chi connectivity index (χ1n) is 8.88. The van der Waals surface area contributed by atoms with Gasteiger partial charge < -0.3 is 9.64 Å². The van der Waals surface area contributed by atoms with E-state index in [1.807, 2.05) is 30.3 Å². The van der Waals surface area contributed by atoms with Crippen LogP contribution in [0.4, 0.5) is 0 Å². The van der Waals surface area contributed by atoms with Crippen molar-refractivity contribution in [2.24, 2.45) is 0 Å². The minimum absolute atomic E-state index is 0.234. The van der Waals surface area contributed by atoms with Crippen LogP contribution in [0.2, 0.25) is 0 Å². The second-order valence-corrected chi connectivity index (χ2v) is 6.76. The lowest BCUT2D eigenvalue weighted by atomic mass is 10.0. The lowest BCUT2D eigenvalue weighted by Crippen LogP contribution is -2.13. The van der Waals surface area contributed by atoms with Gasteiger partial charge in [0.25, 0.3) is 0 Å². The zero-order chi connectivity index (χ0) is 17.6. The highest BCUT2D eigenvalue weighted by atomic mass is 16.5. The number of hydrogen-bond donors (Lipinski definition) is 0. The summed E-state index contributed by atoms with van der Waals surface area (Å²) in [4.78, 5) is 14.4. The van der Waals surface area contributed by atoms with Crippen LogP contribution < -0.4 is 0 Å². The van der Waals surface area contributed by atoms with Crippen molar-refractivity contribution in [2.45, 2.75) is 19.3 Å². The van der Waals surface area contributed by atoms with Gasteiger partial charge in [0.05, 0.1) is 12.2 Å². The Balaban J connectivity index is 1.62. The molecule has 3 aromatic carbocycles. The summed E-state index contributed by atoms with van der Waals surface area (Å²) >= 11 is 0. The Hall–Kier alpha value is -2.39. The minimum atomic E-state index is -0.234. The second kappa shape index (κ2) is 8.13. The molecule has 0 saturated heterocycles. The molecule has 0 radical (unpaired) electrons. The fourth-order valence-corrected chi connectivity index (χ4v) is 3.02. The van der Waals surface area contributed by atoms with E-state index in [1.54, 1.807) is 0 Å². The van der Waals surface area contributed by atoms with E-state index >= 15 is 0 Å². The van der Waals surface area contributed by atoms with Crippen molar-refractivity contribution in [3.8, 4) is 0 Å². The fraction of sp³-hybridized carbons (Fsp3) is 0.318. The number of esters is 1. The van der Waals surface area contributed by atoms with Crippen molar-refractivity contribution in [3.05, 3.63) is 60.2 Å². The third kappa shape index (κ3) is 4.58. The average molecular weight is 335 g/mol. The highest BCUT2D eigenvalue weighted by Crippen LogP contribution is 2.24. The van der Waals surface area contributed by atoms with Crippen LogP contribution in [0.5, 0.6) is 0 Å². The molecule has 0 aromatic heterocycles. The van der Waals surface area contributed by atoms with E-state index in [4.69, 9.17) is 4.74 Å². The SMILES string of the molecule is CN(C)CCCCCOC(=O)c1ccc2cc3ccccc3cc2c1. The monoisotopic (exact) mass is 335 g/mol. The predicted octanol–water partition coefficient (Wildman–Crippen LogP) is 4.88. The Bertz CT molecular complexity index is 870. The zero-order valence-corrected chi connectivity index (χ0v) is 15.0. The molecule has 3 aromatic rings. The highest BCUT2D eigenvalue weighted by molar-refractivity contribution is 6.01. The Morgan fingerprint density at radius 3 is 2.24 bits per heavy atom. The maximum absolute atomic E-state index is 12.3. The Kier molecular flexibility index (Phi) is 5.67. The van der Waals surface area contributed by atoms with Crippen LogP contribution in [-0.2, 0) is 4.74 Å². The molecule has 0 amide bonds. The van der Waals surface area contributed by atoms with E-state index < -0.39 is 0 Å². The maximum Gasteiger partial charge on any atom is 0.338 e. The van der Waals surface area contributed by atoms with Crippen LogP contribution in [0.1, 0.15) is 29.6 Å². The van der Waals surface area contributed by atoms with Crippen LogP contribution in [0, 0.1) is 0 Å². The predicted molar refractivity (Wildman–Crippen MR) is 104 cm³/mol. The second-order valence-electron chi connectivity index (χ2n) is 6.76. The number of hydrogen-bond acceptors (Lipinski definition) is 3. The number of nitrogens with zero attached hydrogens (tertiary/aromatic N) is 1. The van der Waals surface area contributed by atoms with Crippen molar-refractivity contribution in [1.29, 1.82) is 0 Å². The van der Waals surface area contributed by atoms with Crippen LogP contribution in [-0.4, -0.2) is 38.1 Å². The smallest absolute Gasteiger partial charge is 0.338 e. The first kappa shape index (κ1) is 17.4. The molecule has 0 saturated carbocycles. The van der Waals surface area contributed by atoms with Crippen LogP contribution >= 0.6 is 0 Å². The topological polar surface area (TPSA) is 29.5 Å². The molecule has 0 unspecified atom stereocenters. The van der Waals surface area contributed by atoms with Crippen molar-refractivity contribution < 1.29 is 9.53 Å². The van der Waals surface area contributed by atoms with Crippen LogP contribution in [0.3, 0.4) is 0 Å². The molecular formula is C22H25NO2. The van der Waals surface area contributed by atoms with E-state index in [9.17, 15) is 4.79 Å². The van der Waals surface area contributed by atoms with Gasteiger partial charge in [-0.05, 0) is 85.7 Å². The fourth-order valence-electron chi connectivity index (χ4n) is 3.02. The molecule has 25 heavy (non-hydrogen) atoms. The molecule has 130 valence electrons. The quantitative estimate of drug-likeness (QED) is 0.350. The number of unbranched alkanes of at least 4 members (excludes halogenated alkanes) is 2. The Morgan fingerprint density at radius 2 is 1.52 bits per heavy atom. The lowest BCUT2D eigenvalue weighted by Gasteiger charge is -2.09. The van der Waals surface area contributed by atoms with E-state index in [0.717, 1.165) is 36.6 Å². The number of fused-ring (bicyclic) bond motifs is 2. The van der Waals surface area contributed by atoms with Gasteiger partial charge in [-0.25, -0.2) is 4.79 Å². The van der Waals surface area contributed by atoms with Crippen molar-refractivity contribution in [1.82, 2.24) is 4.90 Å². The molecule has 3 heteroatoms. The van der Waals surface area contributed by atoms with E-state index in [0.29, 0.717) is 12.2 Å². The molecule has 0 spiro atoms. The Morgan fingerprint density at radius 1 is 0.840 bits per heavy atom. The number of carbonyl (C=O) groups is 1. The molecule has 0 heterocycles. The zero-order valence-electron chi connectivity index (χ0n) is 15.0. The summed E-state index contributed by atoms with van der Waals surface area (Å²) in [5.41, 5.74) is 0.621. The summed E-state index contributed by atoms with van der Waals surface area (Å²) in [7, 11) is 4.14. The van der Waals surface area contributed by atoms with Gasteiger partial charge in [0.2, 0.25) is 0 Å². The van der Waals surface area contributed by atoms with Gasteiger partial charge in [-0.3, -0.25) is 0 Å². The van der Waals surface area contributed by atoms with E-state index in [2.05, 4.69) is 43.3 Å². The molecule has 0 aliphatic carbocycles. The van der Waals surface area contributed by atoms with E-state index in [-0.39, 0.29) is 5.97 Å². The maximum atomic E-state index is 12.3. The molecule has 0 bridgehead atoms. The number of rotatable bonds is 7. The van der Waals surface area contributed by atoms with Crippen molar-refractivity contribution >= 4 is 27.5 Å². The first-order chi connectivity index (χ1) is 12.1. The standard InChI is InChI=1S/C22H25NO2/c1-23(2)12-6-3-7-13-25-22(24)20-11-10-19-14-17-8-4-5-9-18(17)15-21(19)16-20/h4-5,8-11,14-16H,3,6-7,12-13H2,1-2H3. The summed E-state index contributed by atoms with van der Waals surface area (Å²) in [6, 6.07) is 18.3. The number of ether oxygens (including phenoxy) is 1. The molecule has 0 atom stereocenters. The van der Waals surface area contributed by atoms with Gasteiger partial charge in [-0.1, -0.05) is 30.3 Å². The Labute approximate surface area is 149 Å². The van der Waals surface area contributed by atoms with Gasteiger partial charge >= 0.3 is 5.97 Å². The van der Waals surface area contributed by atoms with Crippen LogP contribution in [0.15, 0.2) is 54.6 Å². The summed E-state index contributed by atoms with van der Waals surface area (Å²) in [6.07, 6.45) is 3.13. The number of carbonyl (C=O) groups excluding carboxylic acids is 1. The normalized spacial score (nSPS) is 11.3. The first-order valence-corrected chi connectivity index (χ1v) is 8.88. The van der Waals surface area contributed by atoms with Gasteiger partial charge in [0.15, 0.2) is 0 Å². The van der Waals surface area contributed by atoms with Gasteiger partial charge in [0, 0.05) is 0 Å². The van der Waals surface area contributed by atoms with Gasteiger partial charge in [-0.2, -0.15) is 0 Å². The van der Waals surface area contributed by atoms with E-state index in [1.165, 1.54) is 10.8 Å². The highest BCUT2D eigenvalue weighted by Gasteiger charge is 2.08. The third-order valence-corrected chi connectivity index (χ3v) is 4.42. The molecule has 3 rings (SSSR count). The lowest BCUT2D eigenvalue weighted by molar-refractivity contribution is 0.0497. The van der Waals surface area contributed by atoms with Gasteiger partial charge in [0.1, 0.15) is 0 Å². The summed E-state index contributed by atoms with van der Waals surface area (Å²) in [6.45, 7) is 1.56. The molecule has 3 nitrogen and oxygen atoms in total. The molecule has 0 aliphatic heterocycles. The summed E-state index contributed by atoms with van der Waals surface area (Å²) < 4.78 is 5.42. The largest absolute Gasteiger partial charge is 0.462 e. The summed E-state index contributed by atoms with van der Waals surface area (Å²) in [5.74, 6) is -0.234. The molecular weight excluding hydrogens is 310 g/mol. The average Bonchev–Trinajstić information content (AvgIpc) is 2.61. The summed E-state index contributed by atoms with van der Waals surface area (Å²) in [5, 5.41) is 4.60. The molecule has 0 aliphatic rings. The molecule has 0 N–H and O–H groups in total. The molecule has 0 fully saturated rings. The number of benzene rings is 3. The van der Waals surface area contributed by atoms with Gasteiger partial charge in [-0.15, -0.1) is 0 Å².